The van der Waals surface area contributed by atoms with E-state index in [1.165, 1.54) is 6.42 Å². The number of carboxylic acids is 1. The summed E-state index contributed by atoms with van der Waals surface area (Å²) in [6, 6.07) is 14.0. The summed E-state index contributed by atoms with van der Waals surface area (Å²) in [6.07, 6.45) is 4.44. The molecular weight excluding hydrogens is 342 g/mol. The predicted molar refractivity (Wildman–Crippen MR) is 104 cm³/mol. The monoisotopic (exact) mass is 369 g/mol. The molecule has 2 aliphatic rings. The predicted octanol–water partition coefficient (Wildman–Crippen LogP) is 3.30. The van der Waals surface area contributed by atoms with Gasteiger partial charge in [0.1, 0.15) is 18.5 Å². The number of hydrogen-bond donors (Lipinski definition) is 2. The van der Waals surface area contributed by atoms with Crippen molar-refractivity contribution in [3.63, 3.8) is 0 Å². The van der Waals surface area contributed by atoms with E-state index in [2.05, 4.69) is 11.0 Å². The van der Waals surface area contributed by atoms with E-state index in [9.17, 15) is 15.0 Å². The second kappa shape index (κ2) is 7.49. The first-order valence-electron chi connectivity index (χ1n) is 9.83. The fraction of sp³-hybridized carbons (Fsp3) is 0.500. The molecule has 1 spiro atoms. The van der Waals surface area contributed by atoms with Crippen molar-refractivity contribution in [1.29, 1.82) is 0 Å². The number of aliphatic hydroxyl groups is 1. The molecule has 2 atom stereocenters. The van der Waals surface area contributed by atoms with Crippen LogP contribution in [0, 0.1) is 5.92 Å². The summed E-state index contributed by atoms with van der Waals surface area (Å²) in [4.78, 5) is 13.6. The highest BCUT2D eigenvalue weighted by Gasteiger charge is 2.47. The Hall–Kier alpha value is -2.11. The average Bonchev–Trinajstić information content (AvgIpc) is 2.64. The van der Waals surface area contributed by atoms with Gasteiger partial charge >= 0.3 is 5.97 Å². The van der Waals surface area contributed by atoms with Crippen molar-refractivity contribution in [2.24, 2.45) is 5.92 Å². The number of carbonyl (C=O) groups is 1. The summed E-state index contributed by atoms with van der Waals surface area (Å²) < 4.78 is 5.82. The number of benzene rings is 2. The van der Waals surface area contributed by atoms with Gasteiger partial charge in [0.15, 0.2) is 0 Å². The molecule has 0 bridgehead atoms. The fourth-order valence-electron chi connectivity index (χ4n) is 4.53. The Morgan fingerprint density at radius 3 is 2.67 bits per heavy atom. The lowest BCUT2D eigenvalue weighted by Gasteiger charge is -2.55. The largest absolute Gasteiger partial charge is 0.491 e. The Labute approximate surface area is 159 Å². The fourth-order valence-corrected chi connectivity index (χ4v) is 4.53. The Morgan fingerprint density at radius 1 is 1.19 bits per heavy atom. The summed E-state index contributed by atoms with van der Waals surface area (Å²) in [5.41, 5.74) is 0.107. The van der Waals surface area contributed by atoms with Gasteiger partial charge in [-0.1, -0.05) is 30.3 Å². The molecule has 5 nitrogen and oxygen atoms in total. The number of β-amino-alcohol motifs (C(OH)–C–C–N with tert-alkyl or cyclic N) is 1. The summed E-state index contributed by atoms with van der Waals surface area (Å²) in [7, 11) is 0. The molecule has 1 aliphatic carbocycles. The molecule has 1 aliphatic heterocycles. The Kier molecular flexibility index (Phi) is 5.06. The smallest absolute Gasteiger partial charge is 0.307 e. The van der Waals surface area contributed by atoms with Gasteiger partial charge in [-0.25, -0.2) is 0 Å². The number of ether oxygens (including phenoxy) is 1. The molecule has 2 aromatic rings. The molecular formula is C22H27NO4. The standard InChI is InChI=1S/C22H27NO4/c24-19(15-27-20-7-6-16-4-1-2-5-17(16)12-20)14-23-13-18(21(25)26)8-11-22(23)9-3-10-22/h1-2,4-7,12,18-19,24H,3,8-11,13-15H2,(H,25,26). The number of rotatable bonds is 6. The van der Waals surface area contributed by atoms with Crippen molar-refractivity contribution in [1.82, 2.24) is 4.90 Å². The molecule has 1 saturated heterocycles. The van der Waals surface area contributed by atoms with Crippen LogP contribution in [0.1, 0.15) is 32.1 Å². The first kappa shape index (κ1) is 18.3. The number of aliphatic carboxylic acids is 1. The maximum Gasteiger partial charge on any atom is 0.307 e. The number of aliphatic hydroxyl groups excluding tert-OH is 1. The summed E-state index contributed by atoms with van der Waals surface area (Å²) >= 11 is 0. The van der Waals surface area contributed by atoms with E-state index in [0.717, 1.165) is 42.2 Å². The first-order chi connectivity index (χ1) is 13.1. The van der Waals surface area contributed by atoms with Crippen molar-refractivity contribution >= 4 is 16.7 Å². The topological polar surface area (TPSA) is 70.0 Å². The highest BCUT2D eigenvalue weighted by Crippen LogP contribution is 2.45. The third-order valence-electron chi connectivity index (χ3n) is 6.30. The van der Waals surface area contributed by atoms with E-state index < -0.39 is 12.1 Å². The van der Waals surface area contributed by atoms with Crippen molar-refractivity contribution in [2.75, 3.05) is 19.7 Å². The van der Waals surface area contributed by atoms with Gasteiger partial charge < -0.3 is 14.9 Å². The van der Waals surface area contributed by atoms with E-state index in [-0.39, 0.29) is 18.1 Å². The zero-order valence-corrected chi connectivity index (χ0v) is 15.5. The number of fused-ring (bicyclic) bond motifs is 1. The number of piperidine rings is 1. The lowest BCUT2D eigenvalue weighted by atomic mass is 9.68. The highest BCUT2D eigenvalue weighted by atomic mass is 16.5. The van der Waals surface area contributed by atoms with E-state index in [1.807, 2.05) is 36.4 Å². The van der Waals surface area contributed by atoms with Crippen LogP contribution < -0.4 is 4.74 Å². The van der Waals surface area contributed by atoms with Gasteiger partial charge in [0.25, 0.3) is 0 Å². The van der Waals surface area contributed by atoms with Crippen LogP contribution in [0.4, 0.5) is 0 Å². The minimum atomic E-state index is -0.726. The van der Waals surface area contributed by atoms with Crippen LogP contribution in [0.25, 0.3) is 10.8 Å². The first-order valence-corrected chi connectivity index (χ1v) is 9.83. The lowest BCUT2D eigenvalue weighted by Crippen LogP contribution is -2.61. The molecule has 144 valence electrons. The minimum Gasteiger partial charge on any atom is -0.491 e. The molecule has 1 heterocycles. The lowest BCUT2D eigenvalue weighted by molar-refractivity contribution is -0.148. The van der Waals surface area contributed by atoms with Gasteiger partial charge in [0.05, 0.1) is 5.92 Å². The molecule has 0 amide bonds. The maximum atomic E-state index is 11.4. The van der Waals surface area contributed by atoms with Crippen molar-refractivity contribution in [3.8, 4) is 5.75 Å². The zero-order chi connectivity index (χ0) is 18.9. The molecule has 27 heavy (non-hydrogen) atoms. The molecule has 4 rings (SSSR count). The van der Waals surface area contributed by atoms with Crippen molar-refractivity contribution in [3.05, 3.63) is 42.5 Å². The second-order valence-corrected chi connectivity index (χ2v) is 8.03. The van der Waals surface area contributed by atoms with Crippen LogP contribution in [0.3, 0.4) is 0 Å². The third-order valence-corrected chi connectivity index (χ3v) is 6.30. The zero-order valence-electron chi connectivity index (χ0n) is 15.5. The molecule has 1 saturated carbocycles. The average molecular weight is 369 g/mol. The molecule has 2 N–H and O–H groups in total. The van der Waals surface area contributed by atoms with E-state index in [1.54, 1.807) is 0 Å². The SMILES string of the molecule is O=C(O)C1CCC2(CCC2)N(CC(O)COc2ccc3ccccc3c2)C1. The highest BCUT2D eigenvalue weighted by molar-refractivity contribution is 5.83. The number of nitrogens with zero attached hydrogens (tertiary/aromatic N) is 1. The van der Waals surface area contributed by atoms with Gasteiger partial charge in [-0.15, -0.1) is 0 Å². The summed E-state index contributed by atoms with van der Waals surface area (Å²) in [5.74, 6) is -0.311. The normalized spacial score (nSPS) is 23.1. The van der Waals surface area contributed by atoms with Gasteiger partial charge in [-0.05, 0) is 55.0 Å². The Balaban J connectivity index is 1.37. The minimum absolute atomic E-state index is 0.107. The van der Waals surface area contributed by atoms with Gasteiger partial charge in [0.2, 0.25) is 0 Å². The van der Waals surface area contributed by atoms with Gasteiger partial charge in [-0.3, -0.25) is 9.69 Å². The quantitative estimate of drug-likeness (QED) is 0.818. The summed E-state index contributed by atoms with van der Waals surface area (Å²) in [5, 5.41) is 22.2. The van der Waals surface area contributed by atoms with E-state index in [0.29, 0.717) is 13.1 Å². The number of likely N-dealkylation sites (tertiary alicyclic amines) is 1. The molecule has 2 fully saturated rings. The second-order valence-electron chi connectivity index (χ2n) is 8.03. The molecule has 2 unspecified atom stereocenters. The Bertz CT molecular complexity index is 817. The van der Waals surface area contributed by atoms with Crippen LogP contribution in [-0.4, -0.2) is 52.4 Å². The summed E-state index contributed by atoms with van der Waals surface area (Å²) in [6.45, 7) is 1.21. The van der Waals surface area contributed by atoms with Crippen molar-refractivity contribution < 1.29 is 19.7 Å². The maximum absolute atomic E-state index is 11.4. The third kappa shape index (κ3) is 3.80. The molecule has 2 aromatic carbocycles. The van der Waals surface area contributed by atoms with Crippen LogP contribution in [0.2, 0.25) is 0 Å². The Morgan fingerprint density at radius 2 is 1.96 bits per heavy atom. The van der Waals surface area contributed by atoms with E-state index >= 15 is 0 Å². The van der Waals surface area contributed by atoms with Gasteiger partial charge in [0, 0.05) is 18.6 Å². The van der Waals surface area contributed by atoms with Gasteiger partial charge in [-0.2, -0.15) is 0 Å². The molecule has 0 aromatic heterocycles. The molecule has 0 radical (unpaired) electrons. The van der Waals surface area contributed by atoms with Crippen LogP contribution in [0.5, 0.6) is 5.75 Å². The van der Waals surface area contributed by atoms with Crippen LogP contribution in [0.15, 0.2) is 42.5 Å². The number of hydrogen-bond acceptors (Lipinski definition) is 4. The van der Waals surface area contributed by atoms with Crippen molar-refractivity contribution in [2.45, 2.75) is 43.7 Å². The van der Waals surface area contributed by atoms with Crippen LogP contribution in [-0.2, 0) is 4.79 Å². The number of carboxylic acid groups (broad SMARTS) is 1. The molecule has 5 heteroatoms. The van der Waals surface area contributed by atoms with E-state index in [4.69, 9.17) is 4.74 Å². The van der Waals surface area contributed by atoms with Crippen LogP contribution >= 0.6 is 0 Å².